The van der Waals surface area contributed by atoms with E-state index in [1.165, 1.54) is 5.56 Å². The van der Waals surface area contributed by atoms with Crippen LogP contribution in [0.3, 0.4) is 0 Å². The molecule has 0 aliphatic carbocycles. The molecule has 0 amide bonds. The van der Waals surface area contributed by atoms with Gasteiger partial charge >= 0.3 is 0 Å². The van der Waals surface area contributed by atoms with E-state index in [1.807, 2.05) is 18.2 Å². The van der Waals surface area contributed by atoms with Gasteiger partial charge in [0.25, 0.3) is 0 Å². The Kier molecular flexibility index (Phi) is 3.95. The third kappa shape index (κ3) is 2.58. The van der Waals surface area contributed by atoms with E-state index >= 15 is 0 Å². The lowest BCUT2D eigenvalue weighted by atomic mass is 9.90. The van der Waals surface area contributed by atoms with Crippen LogP contribution in [0.4, 0.5) is 0 Å². The molecule has 2 atom stereocenters. The fraction of sp³-hybridized carbons (Fsp3) is 0.533. The number of ketones is 1. The minimum Gasteiger partial charge on any atom is -0.377 e. The Labute approximate surface area is 103 Å². The molecule has 0 aromatic heterocycles. The van der Waals surface area contributed by atoms with Crippen molar-refractivity contribution in [1.82, 2.24) is 0 Å². The van der Waals surface area contributed by atoms with Gasteiger partial charge in [0.2, 0.25) is 0 Å². The largest absolute Gasteiger partial charge is 0.377 e. The number of carbonyl (C=O) groups excluding carboxylic acids is 1. The highest BCUT2D eigenvalue weighted by molar-refractivity contribution is 5.98. The molecule has 92 valence electrons. The molecule has 0 N–H and O–H groups in total. The molecule has 1 aromatic carbocycles. The van der Waals surface area contributed by atoms with Gasteiger partial charge in [-0.3, -0.25) is 4.79 Å². The zero-order valence-electron chi connectivity index (χ0n) is 10.6. The zero-order chi connectivity index (χ0) is 12.3. The molecule has 0 spiro atoms. The number of rotatable bonds is 4. The molecule has 1 aromatic rings. The molecule has 2 rings (SSSR count). The first-order valence-corrected chi connectivity index (χ1v) is 6.51. The Morgan fingerprint density at radius 3 is 2.94 bits per heavy atom. The molecule has 1 aliphatic heterocycles. The van der Waals surface area contributed by atoms with Crippen LogP contribution < -0.4 is 0 Å². The van der Waals surface area contributed by atoms with Gasteiger partial charge in [-0.2, -0.15) is 0 Å². The van der Waals surface area contributed by atoms with Gasteiger partial charge in [-0.15, -0.1) is 0 Å². The van der Waals surface area contributed by atoms with E-state index in [0.717, 1.165) is 31.4 Å². The molecule has 1 fully saturated rings. The van der Waals surface area contributed by atoms with Crippen LogP contribution in [0.25, 0.3) is 0 Å². The molecular formula is C15H20O2. The van der Waals surface area contributed by atoms with Gasteiger partial charge in [-0.25, -0.2) is 0 Å². The highest BCUT2D eigenvalue weighted by Crippen LogP contribution is 2.27. The zero-order valence-corrected chi connectivity index (χ0v) is 10.6. The van der Waals surface area contributed by atoms with E-state index in [2.05, 4.69) is 19.9 Å². The lowest BCUT2D eigenvalue weighted by Crippen LogP contribution is -2.23. The number of hydrogen-bond acceptors (Lipinski definition) is 2. The van der Waals surface area contributed by atoms with Crippen molar-refractivity contribution in [3.8, 4) is 0 Å². The van der Waals surface area contributed by atoms with Crippen molar-refractivity contribution in [3.05, 3.63) is 35.4 Å². The quantitative estimate of drug-likeness (QED) is 0.745. The summed E-state index contributed by atoms with van der Waals surface area (Å²) in [5.41, 5.74) is 2.07. The monoisotopic (exact) mass is 232 g/mol. The van der Waals surface area contributed by atoms with E-state index in [0.29, 0.717) is 0 Å². The smallest absolute Gasteiger partial charge is 0.168 e. The molecule has 1 saturated heterocycles. The fourth-order valence-electron chi connectivity index (χ4n) is 2.51. The Morgan fingerprint density at radius 1 is 1.41 bits per heavy atom. The molecular weight excluding hydrogens is 212 g/mol. The van der Waals surface area contributed by atoms with Crippen molar-refractivity contribution < 1.29 is 9.53 Å². The lowest BCUT2D eigenvalue weighted by molar-refractivity contribution is 0.0689. The fourth-order valence-corrected chi connectivity index (χ4v) is 2.51. The maximum Gasteiger partial charge on any atom is 0.168 e. The van der Waals surface area contributed by atoms with Crippen molar-refractivity contribution in [2.45, 2.75) is 39.2 Å². The summed E-state index contributed by atoms with van der Waals surface area (Å²) in [6.07, 6.45) is 2.88. The highest BCUT2D eigenvalue weighted by Gasteiger charge is 2.33. The summed E-state index contributed by atoms with van der Waals surface area (Å²) in [5.74, 6) is 0.316. The van der Waals surface area contributed by atoms with E-state index in [9.17, 15) is 4.79 Å². The van der Waals surface area contributed by atoms with Crippen LogP contribution in [0.1, 0.15) is 42.6 Å². The van der Waals surface area contributed by atoms with Gasteiger partial charge in [-0.1, -0.05) is 32.0 Å². The Bertz CT molecular complexity index is 398. The third-order valence-electron chi connectivity index (χ3n) is 3.57. The molecule has 0 bridgehead atoms. The standard InChI is InChI=1S/C15H20O2/c1-3-11-6-5-7-12(10-11)15(16)13-8-9-17-14(13)4-2/h5-7,10,13-14H,3-4,8-9H2,1-2H3. The first kappa shape index (κ1) is 12.3. The Hall–Kier alpha value is -1.15. The van der Waals surface area contributed by atoms with Crippen LogP contribution in [0.15, 0.2) is 24.3 Å². The van der Waals surface area contributed by atoms with Crippen molar-refractivity contribution in [3.63, 3.8) is 0 Å². The minimum atomic E-state index is 0.0621. The topological polar surface area (TPSA) is 26.3 Å². The number of hydrogen-bond donors (Lipinski definition) is 0. The first-order chi connectivity index (χ1) is 8.26. The summed E-state index contributed by atoms with van der Waals surface area (Å²) in [4.78, 5) is 12.4. The van der Waals surface area contributed by atoms with Crippen molar-refractivity contribution in [1.29, 1.82) is 0 Å². The molecule has 1 heterocycles. The number of ether oxygens (including phenoxy) is 1. The maximum atomic E-state index is 12.4. The summed E-state index contributed by atoms with van der Waals surface area (Å²) in [5, 5.41) is 0. The summed E-state index contributed by atoms with van der Waals surface area (Å²) in [7, 11) is 0. The van der Waals surface area contributed by atoms with Gasteiger partial charge in [0.1, 0.15) is 0 Å². The van der Waals surface area contributed by atoms with Gasteiger partial charge in [0.15, 0.2) is 5.78 Å². The van der Waals surface area contributed by atoms with Gasteiger partial charge in [0, 0.05) is 12.2 Å². The van der Waals surface area contributed by atoms with Gasteiger partial charge in [-0.05, 0) is 30.9 Å². The first-order valence-electron chi connectivity index (χ1n) is 6.51. The lowest BCUT2D eigenvalue weighted by Gasteiger charge is -2.15. The number of aryl methyl sites for hydroxylation is 1. The van der Waals surface area contributed by atoms with Crippen LogP contribution >= 0.6 is 0 Å². The number of Topliss-reactive ketones (excluding diaryl/α,β-unsaturated/α-hetero) is 1. The van der Waals surface area contributed by atoms with Crippen molar-refractivity contribution in [2.24, 2.45) is 5.92 Å². The van der Waals surface area contributed by atoms with E-state index < -0.39 is 0 Å². The third-order valence-corrected chi connectivity index (χ3v) is 3.57. The second-order valence-electron chi connectivity index (χ2n) is 4.63. The second-order valence-corrected chi connectivity index (χ2v) is 4.63. The maximum absolute atomic E-state index is 12.4. The molecule has 0 saturated carbocycles. The summed E-state index contributed by atoms with van der Waals surface area (Å²) >= 11 is 0. The average Bonchev–Trinajstić information content (AvgIpc) is 2.86. The van der Waals surface area contributed by atoms with Gasteiger partial charge < -0.3 is 4.74 Å². The van der Waals surface area contributed by atoms with Gasteiger partial charge in [0.05, 0.1) is 12.0 Å². The van der Waals surface area contributed by atoms with E-state index in [1.54, 1.807) is 0 Å². The van der Waals surface area contributed by atoms with Crippen LogP contribution in [-0.2, 0) is 11.2 Å². The summed E-state index contributed by atoms with van der Waals surface area (Å²) in [6.45, 7) is 4.91. The number of benzene rings is 1. The average molecular weight is 232 g/mol. The number of carbonyl (C=O) groups is 1. The van der Waals surface area contributed by atoms with Crippen molar-refractivity contribution >= 4 is 5.78 Å². The van der Waals surface area contributed by atoms with Crippen LogP contribution in [0.5, 0.6) is 0 Å². The normalized spacial score (nSPS) is 23.9. The van der Waals surface area contributed by atoms with Crippen LogP contribution in [-0.4, -0.2) is 18.5 Å². The summed E-state index contributed by atoms with van der Waals surface area (Å²) in [6, 6.07) is 7.99. The van der Waals surface area contributed by atoms with Crippen LogP contribution in [0, 0.1) is 5.92 Å². The van der Waals surface area contributed by atoms with E-state index in [4.69, 9.17) is 4.74 Å². The highest BCUT2D eigenvalue weighted by atomic mass is 16.5. The van der Waals surface area contributed by atoms with Crippen molar-refractivity contribution in [2.75, 3.05) is 6.61 Å². The predicted molar refractivity (Wildman–Crippen MR) is 68.3 cm³/mol. The minimum absolute atomic E-state index is 0.0621. The molecule has 2 heteroatoms. The Balaban J connectivity index is 2.18. The van der Waals surface area contributed by atoms with Crippen LogP contribution in [0.2, 0.25) is 0 Å². The molecule has 2 nitrogen and oxygen atoms in total. The predicted octanol–water partition coefficient (Wildman–Crippen LogP) is 3.25. The second kappa shape index (κ2) is 5.46. The SMILES string of the molecule is CCc1cccc(C(=O)C2CCOC2CC)c1. The molecule has 2 unspecified atom stereocenters. The molecule has 1 aliphatic rings. The Morgan fingerprint density at radius 2 is 2.24 bits per heavy atom. The molecule has 17 heavy (non-hydrogen) atoms. The summed E-state index contributed by atoms with van der Waals surface area (Å²) < 4.78 is 5.59. The molecule has 0 radical (unpaired) electrons. The van der Waals surface area contributed by atoms with E-state index in [-0.39, 0.29) is 17.8 Å².